The van der Waals surface area contributed by atoms with Crippen molar-refractivity contribution < 1.29 is 8.42 Å². The third kappa shape index (κ3) is 5.43. The van der Waals surface area contributed by atoms with Gasteiger partial charge in [-0.3, -0.25) is 5.41 Å². The van der Waals surface area contributed by atoms with E-state index in [0.717, 1.165) is 0 Å². The van der Waals surface area contributed by atoms with Crippen LogP contribution in [0.25, 0.3) is 0 Å². The first-order valence-corrected chi connectivity index (χ1v) is 6.65. The van der Waals surface area contributed by atoms with Crippen LogP contribution in [0.4, 0.5) is 0 Å². The molecule has 0 bridgehead atoms. The minimum Gasteiger partial charge on any atom is -0.387 e. The molecule has 1 atom stereocenters. The van der Waals surface area contributed by atoms with E-state index in [4.69, 9.17) is 11.1 Å². The Kier molecular flexibility index (Phi) is 5.91. The van der Waals surface area contributed by atoms with E-state index in [2.05, 4.69) is 4.72 Å². The highest BCUT2D eigenvalue weighted by atomic mass is 32.2. The summed E-state index contributed by atoms with van der Waals surface area (Å²) in [5.74, 6) is -0.0278. The van der Waals surface area contributed by atoms with Crippen LogP contribution in [0.3, 0.4) is 0 Å². The Morgan fingerprint density at radius 3 is 2.31 bits per heavy atom. The van der Waals surface area contributed by atoms with Crippen molar-refractivity contribution in [2.45, 2.75) is 20.8 Å². The minimum atomic E-state index is -3.45. The predicted octanol–water partition coefficient (Wildman–Crippen LogP) is -0.0193. The summed E-state index contributed by atoms with van der Waals surface area (Å²) in [7, 11) is -1.98. The zero-order chi connectivity index (χ0) is 12.9. The summed E-state index contributed by atoms with van der Waals surface area (Å²) in [4.78, 5) is 0. The van der Waals surface area contributed by atoms with Crippen molar-refractivity contribution in [3.05, 3.63) is 0 Å². The van der Waals surface area contributed by atoms with Crippen LogP contribution in [-0.4, -0.2) is 38.7 Å². The highest BCUT2D eigenvalue weighted by Crippen LogP contribution is 2.02. The van der Waals surface area contributed by atoms with Gasteiger partial charge in [-0.1, -0.05) is 20.8 Å². The van der Waals surface area contributed by atoms with Crippen molar-refractivity contribution in [1.29, 1.82) is 5.41 Å². The second-order valence-corrected chi connectivity index (χ2v) is 6.25. The van der Waals surface area contributed by atoms with E-state index in [0.29, 0.717) is 6.54 Å². The lowest BCUT2D eigenvalue weighted by atomic mass is 10.2. The number of amidine groups is 1. The third-order valence-electron chi connectivity index (χ3n) is 2.15. The second kappa shape index (κ2) is 6.17. The molecule has 4 N–H and O–H groups in total. The second-order valence-electron chi connectivity index (χ2n) is 4.38. The monoisotopic (exact) mass is 250 g/mol. The fraction of sp³-hybridized carbons (Fsp3) is 0.889. The topological polar surface area (TPSA) is 99.3 Å². The van der Waals surface area contributed by atoms with Crippen molar-refractivity contribution >= 4 is 16.0 Å². The lowest BCUT2D eigenvalue weighted by Gasteiger charge is -2.21. The maximum Gasteiger partial charge on any atom is 0.279 e. The Hall–Kier alpha value is -0.660. The van der Waals surface area contributed by atoms with E-state index < -0.39 is 10.2 Å². The Balaban J connectivity index is 4.35. The average Bonchev–Trinajstić information content (AvgIpc) is 2.14. The van der Waals surface area contributed by atoms with E-state index >= 15 is 0 Å². The molecular formula is C9H22N4O2S. The highest BCUT2D eigenvalue weighted by molar-refractivity contribution is 7.87. The molecule has 0 fully saturated rings. The van der Waals surface area contributed by atoms with E-state index in [-0.39, 0.29) is 24.2 Å². The van der Waals surface area contributed by atoms with E-state index in [1.165, 1.54) is 11.4 Å². The standard InChI is InChI=1S/C9H22N4O2S/c1-7(2)5-12-16(14,15)13(4)6-8(3)9(10)11/h7-8,12H,5-6H2,1-4H3,(H3,10,11). The van der Waals surface area contributed by atoms with Crippen LogP contribution in [0.15, 0.2) is 0 Å². The van der Waals surface area contributed by atoms with Crippen molar-refractivity contribution in [3.8, 4) is 0 Å². The SMILES string of the molecule is CC(C)CNS(=O)(=O)N(C)CC(C)C(=N)N. The number of hydrogen-bond donors (Lipinski definition) is 3. The molecule has 16 heavy (non-hydrogen) atoms. The molecule has 0 aromatic carbocycles. The molecule has 0 aliphatic carbocycles. The van der Waals surface area contributed by atoms with Gasteiger partial charge in [0, 0.05) is 26.1 Å². The van der Waals surface area contributed by atoms with Gasteiger partial charge in [-0.25, -0.2) is 4.72 Å². The number of nitrogens with zero attached hydrogens (tertiary/aromatic N) is 1. The van der Waals surface area contributed by atoms with Gasteiger partial charge in [0.2, 0.25) is 0 Å². The highest BCUT2D eigenvalue weighted by Gasteiger charge is 2.20. The van der Waals surface area contributed by atoms with Crippen LogP contribution in [0, 0.1) is 17.2 Å². The Morgan fingerprint density at radius 2 is 1.94 bits per heavy atom. The summed E-state index contributed by atoms with van der Waals surface area (Å²) in [6.07, 6.45) is 0. The zero-order valence-corrected chi connectivity index (χ0v) is 11.1. The smallest absolute Gasteiger partial charge is 0.279 e. The van der Waals surface area contributed by atoms with Gasteiger partial charge in [0.1, 0.15) is 0 Å². The third-order valence-corrected chi connectivity index (χ3v) is 3.65. The molecule has 0 saturated carbocycles. The fourth-order valence-corrected chi connectivity index (χ4v) is 2.15. The number of nitrogens with one attached hydrogen (secondary N) is 2. The molecule has 7 heteroatoms. The van der Waals surface area contributed by atoms with Crippen LogP contribution in [-0.2, 0) is 10.2 Å². The van der Waals surface area contributed by atoms with E-state index in [1.54, 1.807) is 6.92 Å². The van der Waals surface area contributed by atoms with Gasteiger partial charge < -0.3 is 5.73 Å². The van der Waals surface area contributed by atoms with Gasteiger partial charge in [0.05, 0.1) is 5.84 Å². The van der Waals surface area contributed by atoms with Crippen LogP contribution in [0.2, 0.25) is 0 Å². The summed E-state index contributed by atoms with van der Waals surface area (Å²) in [5, 5.41) is 7.20. The van der Waals surface area contributed by atoms with Gasteiger partial charge in [-0.2, -0.15) is 12.7 Å². The summed E-state index contributed by atoms with van der Waals surface area (Å²) >= 11 is 0. The molecule has 0 radical (unpaired) electrons. The number of nitrogens with two attached hydrogens (primary N) is 1. The molecule has 0 heterocycles. The molecule has 0 aromatic rings. The lowest BCUT2D eigenvalue weighted by Crippen LogP contribution is -2.43. The average molecular weight is 250 g/mol. The largest absolute Gasteiger partial charge is 0.387 e. The lowest BCUT2D eigenvalue weighted by molar-refractivity contribution is 0.430. The van der Waals surface area contributed by atoms with Crippen LogP contribution in [0.5, 0.6) is 0 Å². The Morgan fingerprint density at radius 1 is 1.44 bits per heavy atom. The molecule has 0 aliphatic rings. The normalized spacial score (nSPS) is 14.4. The molecular weight excluding hydrogens is 228 g/mol. The molecule has 0 amide bonds. The van der Waals surface area contributed by atoms with Crippen molar-refractivity contribution in [3.63, 3.8) is 0 Å². The molecule has 0 saturated heterocycles. The maximum atomic E-state index is 11.7. The quantitative estimate of drug-likeness (QED) is 0.437. The van der Waals surface area contributed by atoms with Crippen LogP contribution >= 0.6 is 0 Å². The van der Waals surface area contributed by atoms with Gasteiger partial charge in [0.15, 0.2) is 0 Å². The molecule has 96 valence electrons. The Bertz CT molecular complexity index is 326. The minimum absolute atomic E-state index is 0.00842. The predicted molar refractivity (Wildman–Crippen MR) is 65.5 cm³/mol. The van der Waals surface area contributed by atoms with Gasteiger partial charge in [-0.15, -0.1) is 0 Å². The van der Waals surface area contributed by atoms with Crippen molar-refractivity contribution in [2.75, 3.05) is 20.1 Å². The zero-order valence-electron chi connectivity index (χ0n) is 10.3. The van der Waals surface area contributed by atoms with Crippen molar-refractivity contribution in [2.24, 2.45) is 17.6 Å². The molecule has 0 aliphatic heterocycles. The summed E-state index contributed by atoms with van der Waals surface area (Å²) in [6.45, 7) is 6.20. The number of rotatable bonds is 7. The van der Waals surface area contributed by atoms with Crippen LogP contribution < -0.4 is 10.5 Å². The molecule has 1 unspecified atom stereocenters. The van der Waals surface area contributed by atoms with Gasteiger partial charge in [0.25, 0.3) is 10.2 Å². The number of hydrogen-bond acceptors (Lipinski definition) is 3. The first-order valence-electron chi connectivity index (χ1n) is 5.21. The molecule has 0 spiro atoms. The molecule has 0 aromatic heterocycles. The first-order chi connectivity index (χ1) is 7.16. The Labute approximate surface area is 97.9 Å². The van der Waals surface area contributed by atoms with Crippen molar-refractivity contribution in [1.82, 2.24) is 9.03 Å². The molecule has 0 rings (SSSR count). The first kappa shape index (κ1) is 15.3. The van der Waals surface area contributed by atoms with E-state index in [9.17, 15) is 8.42 Å². The summed E-state index contributed by atoms with van der Waals surface area (Å²) in [5.41, 5.74) is 5.29. The van der Waals surface area contributed by atoms with E-state index in [1.807, 2.05) is 13.8 Å². The molecule has 6 nitrogen and oxygen atoms in total. The van der Waals surface area contributed by atoms with Gasteiger partial charge >= 0.3 is 0 Å². The van der Waals surface area contributed by atoms with Crippen LogP contribution in [0.1, 0.15) is 20.8 Å². The maximum absolute atomic E-state index is 11.7. The summed E-state index contributed by atoms with van der Waals surface area (Å²) < 4.78 is 27.1. The summed E-state index contributed by atoms with van der Waals surface area (Å²) in [6, 6.07) is 0. The fourth-order valence-electron chi connectivity index (χ4n) is 0.964. The van der Waals surface area contributed by atoms with Gasteiger partial charge in [-0.05, 0) is 5.92 Å².